The van der Waals surface area contributed by atoms with Gasteiger partial charge in [0.2, 0.25) is 0 Å². The molecule has 17 nitrogen and oxygen atoms in total. The number of hydrogen-bond donors (Lipinski definition) is 7. The zero-order chi connectivity index (χ0) is 36.1. The Hall–Kier alpha value is -6.04. The van der Waals surface area contributed by atoms with Crippen LogP contribution in [0.3, 0.4) is 0 Å². The van der Waals surface area contributed by atoms with Gasteiger partial charge in [0, 0.05) is 72.6 Å². The Morgan fingerprint density at radius 2 is 1.08 bits per heavy atom. The molecule has 4 aromatic heterocycles. The number of nitrogens with one attached hydrogen (secondary N) is 7. The van der Waals surface area contributed by atoms with Gasteiger partial charge in [0.05, 0.1) is 33.8 Å². The summed E-state index contributed by atoms with van der Waals surface area (Å²) < 4.78 is 6.45. The van der Waals surface area contributed by atoms with Crippen molar-refractivity contribution in [3.05, 3.63) is 82.9 Å². The van der Waals surface area contributed by atoms with Crippen LogP contribution in [0.2, 0.25) is 0 Å². The smallest absolute Gasteiger partial charge is 0.272 e. The molecule has 0 aliphatic carbocycles. The van der Waals surface area contributed by atoms with Gasteiger partial charge < -0.3 is 55.5 Å². The molecule has 1 aliphatic heterocycles. The summed E-state index contributed by atoms with van der Waals surface area (Å²) in [7, 11) is 6.70. The van der Waals surface area contributed by atoms with Crippen LogP contribution in [0, 0.1) is 0 Å². The van der Waals surface area contributed by atoms with Crippen molar-refractivity contribution < 1.29 is 24.0 Å². The fourth-order valence-corrected chi connectivity index (χ4v) is 5.28. The van der Waals surface area contributed by atoms with E-state index in [9.17, 15) is 24.0 Å². The van der Waals surface area contributed by atoms with E-state index in [-0.39, 0.29) is 27.5 Å². The van der Waals surface area contributed by atoms with Gasteiger partial charge in [-0.05, 0) is 40.2 Å². The van der Waals surface area contributed by atoms with Gasteiger partial charge >= 0.3 is 0 Å². The molecule has 0 unspecified atom stereocenters. The van der Waals surface area contributed by atoms with Crippen LogP contribution < -0.4 is 37.2 Å². The highest BCUT2D eigenvalue weighted by Crippen LogP contribution is 2.21. The molecule has 0 spiro atoms. The topological polar surface area (TPSA) is 202 Å². The summed E-state index contributed by atoms with van der Waals surface area (Å²) in [5.41, 5.74) is 2.75. The van der Waals surface area contributed by atoms with E-state index in [0.29, 0.717) is 47.5 Å². The van der Waals surface area contributed by atoms with E-state index in [1.165, 1.54) is 18.2 Å². The lowest BCUT2D eigenvalue weighted by molar-refractivity contribution is -0.112. The summed E-state index contributed by atoms with van der Waals surface area (Å²) in [6, 6.07) is 6.15. The fourth-order valence-electron chi connectivity index (χ4n) is 5.18. The molecule has 0 fully saturated rings. The predicted octanol–water partition coefficient (Wildman–Crippen LogP) is 1.92. The van der Waals surface area contributed by atoms with Gasteiger partial charge in [-0.2, -0.15) is 0 Å². The minimum absolute atomic E-state index is 0.148. The number of amides is 5. The molecule has 0 atom stereocenters. The summed E-state index contributed by atoms with van der Waals surface area (Å²) in [4.78, 5) is 68.2. The molecule has 0 radical (unpaired) electrons. The number of aromatic nitrogens is 4. The minimum Gasteiger partial charge on any atom is -0.355 e. The highest BCUT2D eigenvalue weighted by Gasteiger charge is 2.20. The number of halogens is 1. The molecule has 5 rings (SSSR count). The van der Waals surface area contributed by atoms with Gasteiger partial charge in [0.15, 0.2) is 5.96 Å². The lowest BCUT2D eigenvalue weighted by Crippen LogP contribution is -2.39. The third-order valence-corrected chi connectivity index (χ3v) is 7.97. The molecule has 4 aromatic rings. The number of nitrogens with zero attached hydrogens (tertiary/aromatic N) is 5. The maximum Gasteiger partial charge on any atom is 0.272 e. The van der Waals surface area contributed by atoms with E-state index >= 15 is 0 Å². The predicted molar refractivity (Wildman–Crippen MR) is 193 cm³/mol. The average Bonchev–Trinajstić information content (AvgIpc) is 3.88. The van der Waals surface area contributed by atoms with E-state index in [2.05, 4.69) is 64.7 Å². The second-order valence-corrected chi connectivity index (χ2v) is 12.4. The summed E-state index contributed by atoms with van der Waals surface area (Å²) in [6.07, 6.45) is 6.41. The van der Waals surface area contributed by atoms with Crippen molar-refractivity contribution in [1.82, 2.24) is 34.2 Å². The van der Waals surface area contributed by atoms with Crippen molar-refractivity contribution >= 4 is 74.2 Å². The van der Waals surface area contributed by atoms with Gasteiger partial charge in [0.1, 0.15) is 22.8 Å². The number of rotatable bonds is 12. The molecule has 0 saturated carbocycles. The van der Waals surface area contributed by atoms with Crippen molar-refractivity contribution in [3.8, 4) is 0 Å². The van der Waals surface area contributed by atoms with Gasteiger partial charge in [0.25, 0.3) is 29.5 Å². The Labute approximate surface area is 295 Å². The van der Waals surface area contributed by atoms with Crippen LogP contribution in [-0.2, 0) is 33.0 Å². The van der Waals surface area contributed by atoms with E-state index in [0.717, 1.165) is 13.1 Å². The second-order valence-electron chi connectivity index (χ2n) is 11.5. The minimum atomic E-state index is -0.467. The first-order valence-electron chi connectivity index (χ1n) is 15.3. The number of aryl methyl sites for hydroxylation is 4. The van der Waals surface area contributed by atoms with E-state index < -0.39 is 23.6 Å². The standard InChI is InChI=1S/C32H37BrN12O5/c1-18(33)27(46)38-19-11-24(43(3)14-19)29(48)40-21-13-26(45(5)16-21)31(50)41-22-12-25(44(4)17-22)30(49)39-20-10-23(42(2)15-20)28(47)34-6-7-35-32-36-8-9-37-32/h10-17H,1,6-9H2,2-5H3,(H,34,47)(H,38,46)(H,39,49)(H,40,48)(H,41,50)(H2,35,36,37). The van der Waals surface area contributed by atoms with Gasteiger partial charge in [-0.1, -0.05) is 6.58 Å². The number of anilines is 4. The van der Waals surface area contributed by atoms with Crippen molar-refractivity contribution in [2.75, 3.05) is 47.4 Å². The molecule has 262 valence electrons. The largest absolute Gasteiger partial charge is 0.355 e. The Balaban J connectivity index is 1.16. The number of guanidine groups is 1. The number of hydrogen-bond acceptors (Lipinski definition) is 8. The molecule has 5 amide bonds. The maximum absolute atomic E-state index is 13.2. The normalized spacial score (nSPS) is 12.1. The van der Waals surface area contributed by atoms with E-state index in [4.69, 9.17) is 0 Å². The first kappa shape index (κ1) is 35.3. The first-order valence-corrected chi connectivity index (χ1v) is 16.1. The molecular weight excluding hydrogens is 712 g/mol. The zero-order valence-corrected chi connectivity index (χ0v) is 29.4. The Morgan fingerprint density at radius 1 is 0.680 bits per heavy atom. The van der Waals surface area contributed by atoms with Crippen molar-refractivity contribution in [2.45, 2.75) is 0 Å². The van der Waals surface area contributed by atoms with Crippen molar-refractivity contribution in [2.24, 2.45) is 33.2 Å². The molecule has 5 heterocycles. The van der Waals surface area contributed by atoms with Crippen molar-refractivity contribution in [3.63, 3.8) is 0 Å². The quantitative estimate of drug-likeness (QED) is 0.0847. The summed E-state index contributed by atoms with van der Waals surface area (Å²) in [5, 5.41) is 20.0. The highest BCUT2D eigenvalue weighted by atomic mass is 79.9. The summed E-state index contributed by atoms with van der Waals surface area (Å²) in [5.74, 6) is -1.37. The third-order valence-electron chi connectivity index (χ3n) is 7.61. The second kappa shape index (κ2) is 15.0. The van der Waals surface area contributed by atoms with Gasteiger partial charge in [-0.25, -0.2) is 0 Å². The maximum atomic E-state index is 13.2. The van der Waals surface area contributed by atoms with Crippen LogP contribution in [0.15, 0.2) is 65.1 Å². The molecule has 50 heavy (non-hydrogen) atoms. The zero-order valence-electron chi connectivity index (χ0n) is 27.8. The summed E-state index contributed by atoms with van der Waals surface area (Å²) >= 11 is 3.02. The van der Waals surface area contributed by atoms with E-state index in [1.54, 1.807) is 77.3 Å². The monoisotopic (exact) mass is 748 g/mol. The SMILES string of the molecule is C=C(Br)C(=O)Nc1cc(C(=O)Nc2cc(C(=O)Nc3cc(C(=O)Nc4cc(C(=O)NCCNC5=NCCN5)n(C)c4)n(C)c3)n(C)c2)n(C)c1. The van der Waals surface area contributed by atoms with Crippen LogP contribution >= 0.6 is 15.9 Å². The first-order chi connectivity index (χ1) is 23.8. The lowest BCUT2D eigenvalue weighted by Gasteiger charge is -2.08. The molecule has 1 aliphatic rings. The molecule has 18 heteroatoms. The van der Waals surface area contributed by atoms with Crippen LogP contribution in [-0.4, -0.2) is 79.9 Å². The Bertz CT molecular complexity index is 2030. The molecule has 0 bridgehead atoms. The third kappa shape index (κ3) is 8.32. The fraction of sp³-hybridized carbons (Fsp3) is 0.250. The van der Waals surface area contributed by atoms with Crippen molar-refractivity contribution in [1.29, 1.82) is 0 Å². The van der Waals surface area contributed by atoms with Crippen LogP contribution in [0.25, 0.3) is 0 Å². The van der Waals surface area contributed by atoms with Crippen LogP contribution in [0.1, 0.15) is 42.0 Å². The molecule has 7 N–H and O–H groups in total. The lowest BCUT2D eigenvalue weighted by atomic mass is 10.3. The summed E-state index contributed by atoms with van der Waals surface area (Å²) in [6.45, 7) is 5.93. The van der Waals surface area contributed by atoms with Gasteiger partial charge in [-0.3, -0.25) is 29.0 Å². The highest BCUT2D eigenvalue weighted by molar-refractivity contribution is 9.12. The molecule has 0 aromatic carbocycles. The van der Waals surface area contributed by atoms with Crippen LogP contribution in [0.5, 0.6) is 0 Å². The average molecular weight is 750 g/mol. The number of carbonyl (C=O) groups excluding carboxylic acids is 5. The van der Waals surface area contributed by atoms with Crippen LogP contribution in [0.4, 0.5) is 22.7 Å². The number of carbonyl (C=O) groups is 5. The Morgan fingerprint density at radius 3 is 1.46 bits per heavy atom. The molecule has 0 saturated heterocycles. The molecular formula is C32H37BrN12O5. The van der Waals surface area contributed by atoms with E-state index in [1.807, 2.05) is 0 Å². The number of aliphatic imine (C=N–C) groups is 1. The Kier molecular flexibility index (Phi) is 10.6. The van der Waals surface area contributed by atoms with Gasteiger partial charge in [-0.15, -0.1) is 0 Å².